The van der Waals surface area contributed by atoms with E-state index in [4.69, 9.17) is 0 Å². The van der Waals surface area contributed by atoms with Gasteiger partial charge in [0.1, 0.15) is 0 Å². The molecule has 0 rings (SSSR count). The summed E-state index contributed by atoms with van der Waals surface area (Å²) in [7, 11) is 0. The fraction of sp³-hybridized carbons (Fsp3) is 0.667. The van der Waals surface area contributed by atoms with Crippen LogP contribution in [0.3, 0.4) is 0 Å². The van der Waals surface area contributed by atoms with Crippen molar-refractivity contribution >= 4 is 23.3 Å². The smallest absolute Gasteiger partial charge is 0.221 e. The summed E-state index contributed by atoms with van der Waals surface area (Å²) in [6, 6.07) is 0. The first-order chi connectivity index (χ1) is 4.81. The van der Waals surface area contributed by atoms with Crippen molar-refractivity contribution in [3.8, 4) is 0 Å². The molecule has 0 aliphatic carbocycles. The van der Waals surface area contributed by atoms with Crippen LogP contribution in [0.4, 0.5) is 0 Å². The predicted octanol–water partition coefficient (Wildman–Crippen LogP) is 0.615. The lowest BCUT2D eigenvalue weighted by Gasteiger charge is -1.96. The molecule has 0 fully saturated rings. The van der Waals surface area contributed by atoms with Crippen molar-refractivity contribution in [2.75, 3.05) is 13.1 Å². The number of carbonyl (C=O) groups excluding carboxylic acids is 1. The van der Waals surface area contributed by atoms with Crippen LogP contribution in [0.2, 0.25) is 0 Å². The summed E-state index contributed by atoms with van der Waals surface area (Å²) in [5.74, 6) is 0.0106. The third-order valence-corrected chi connectivity index (χ3v) is 1.02. The predicted molar refractivity (Wildman–Crippen MR) is 43.2 cm³/mol. The van der Waals surface area contributed by atoms with Gasteiger partial charge in [-0.25, -0.2) is 4.99 Å². The van der Waals surface area contributed by atoms with Gasteiger partial charge in [-0.2, -0.15) is 0 Å². The maximum Gasteiger partial charge on any atom is 0.221 e. The second kappa shape index (κ2) is 6.39. The number of hydrogen-bond donors (Lipinski definition) is 1. The summed E-state index contributed by atoms with van der Waals surface area (Å²) in [6.07, 6.45) is 0.400. The van der Waals surface area contributed by atoms with Gasteiger partial charge in [0.15, 0.2) is 0 Å². The van der Waals surface area contributed by atoms with Crippen molar-refractivity contribution in [3.63, 3.8) is 0 Å². The van der Waals surface area contributed by atoms with Crippen LogP contribution in [0.15, 0.2) is 4.99 Å². The highest BCUT2D eigenvalue weighted by Crippen LogP contribution is 1.79. The third kappa shape index (κ3) is 5.41. The molecule has 0 heterocycles. The molecule has 0 saturated carbocycles. The molecule has 4 heteroatoms. The second-order valence-electron chi connectivity index (χ2n) is 1.68. The Kier molecular flexibility index (Phi) is 5.92. The van der Waals surface area contributed by atoms with Gasteiger partial charge in [0.25, 0.3) is 0 Å². The van der Waals surface area contributed by atoms with E-state index in [1.807, 2.05) is 6.92 Å². The average Bonchev–Trinajstić information content (AvgIpc) is 1.89. The molecular weight excluding hydrogens is 148 g/mol. The molecule has 0 aromatic carbocycles. The van der Waals surface area contributed by atoms with Crippen LogP contribution < -0.4 is 5.32 Å². The largest absolute Gasteiger partial charge is 0.356 e. The Labute approximate surface area is 65.5 Å². The zero-order valence-electron chi connectivity index (χ0n) is 5.89. The van der Waals surface area contributed by atoms with Gasteiger partial charge < -0.3 is 5.32 Å². The lowest BCUT2D eigenvalue weighted by atomic mass is 10.4. The number of nitrogens with zero attached hydrogens (tertiary/aromatic N) is 1. The number of rotatable bonds is 4. The van der Waals surface area contributed by atoms with Crippen LogP contribution in [-0.2, 0) is 4.79 Å². The van der Waals surface area contributed by atoms with Crippen LogP contribution in [-0.4, -0.2) is 24.2 Å². The standard InChI is InChI=1S/C6H10N2OS/c1-2-8-6(9)3-4-7-5-10/h2-4H2,1H3,(H,8,9). The van der Waals surface area contributed by atoms with Gasteiger partial charge in [-0.05, 0) is 19.1 Å². The molecular formula is C6H10N2OS. The minimum Gasteiger partial charge on any atom is -0.356 e. The Hall–Kier alpha value is -0.730. The van der Waals surface area contributed by atoms with Gasteiger partial charge in [-0.15, -0.1) is 0 Å². The van der Waals surface area contributed by atoms with E-state index in [-0.39, 0.29) is 5.91 Å². The van der Waals surface area contributed by atoms with Crippen molar-refractivity contribution in [3.05, 3.63) is 0 Å². The van der Waals surface area contributed by atoms with Gasteiger partial charge >= 0.3 is 0 Å². The fourth-order valence-electron chi connectivity index (χ4n) is 0.489. The average molecular weight is 158 g/mol. The molecule has 0 aromatic heterocycles. The van der Waals surface area contributed by atoms with Crippen LogP contribution >= 0.6 is 12.2 Å². The van der Waals surface area contributed by atoms with E-state index in [0.29, 0.717) is 19.5 Å². The second-order valence-corrected chi connectivity index (χ2v) is 1.86. The molecule has 0 aliphatic rings. The van der Waals surface area contributed by atoms with Crippen LogP contribution in [0.5, 0.6) is 0 Å². The van der Waals surface area contributed by atoms with E-state index in [0.717, 1.165) is 0 Å². The van der Waals surface area contributed by atoms with Crippen molar-refractivity contribution < 1.29 is 4.79 Å². The molecule has 0 unspecified atom stereocenters. The van der Waals surface area contributed by atoms with Crippen molar-refractivity contribution in [1.82, 2.24) is 5.32 Å². The number of aliphatic imine (C=N–C) groups is 1. The molecule has 0 atom stereocenters. The Balaban J connectivity index is 3.30. The summed E-state index contributed by atoms with van der Waals surface area (Å²) < 4.78 is 0. The molecule has 1 amide bonds. The number of isothiocyanates is 1. The molecule has 0 spiro atoms. The lowest BCUT2D eigenvalue weighted by molar-refractivity contribution is -0.120. The Morgan fingerprint density at radius 3 is 3.00 bits per heavy atom. The van der Waals surface area contributed by atoms with E-state index in [2.05, 4.69) is 27.7 Å². The van der Waals surface area contributed by atoms with E-state index in [9.17, 15) is 4.79 Å². The first kappa shape index (κ1) is 9.27. The summed E-state index contributed by atoms with van der Waals surface area (Å²) >= 11 is 4.32. The van der Waals surface area contributed by atoms with E-state index in [1.54, 1.807) is 0 Å². The first-order valence-corrected chi connectivity index (χ1v) is 3.52. The van der Waals surface area contributed by atoms with Crippen LogP contribution in [0.25, 0.3) is 0 Å². The van der Waals surface area contributed by atoms with Gasteiger partial charge in [-0.3, -0.25) is 4.79 Å². The highest BCUT2D eigenvalue weighted by molar-refractivity contribution is 7.78. The normalized spacial score (nSPS) is 8.10. The highest BCUT2D eigenvalue weighted by atomic mass is 32.1. The number of thiocarbonyl (C=S) groups is 1. The van der Waals surface area contributed by atoms with Gasteiger partial charge in [-0.1, -0.05) is 0 Å². The summed E-state index contributed by atoms with van der Waals surface area (Å²) in [4.78, 5) is 14.3. The number of amides is 1. The minimum absolute atomic E-state index is 0.0106. The molecule has 0 radical (unpaired) electrons. The topological polar surface area (TPSA) is 41.5 Å². The Bertz CT molecular complexity index is 152. The zero-order valence-corrected chi connectivity index (χ0v) is 6.70. The van der Waals surface area contributed by atoms with Gasteiger partial charge in [0.2, 0.25) is 5.91 Å². The number of hydrogen-bond acceptors (Lipinski definition) is 3. The minimum atomic E-state index is 0.0106. The maximum atomic E-state index is 10.7. The number of nitrogens with one attached hydrogen (secondary N) is 1. The molecule has 0 bridgehead atoms. The monoisotopic (exact) mass is 158 g/mol. The molecule has 56 valence electrons. The Morgan fingerprint density at radius 1 is 1.80 bits per heavy atom. The first-order valence-electron chi connectivity index (χ1n) is 3.11. The Morgan fingerprint density at radius 2 is 2.50 bits per heavy atom. The SMILES string of the molecule is CCNC(=O)CCN=C=S. The highest BCUT2D eigenvalue weighted by Gasteiger charge is 1.95. The van der Waals surface area contributed by atoms with E-state index < -0.39 is 0 Å². The van der Waals surface area contributed by atoms with E-state index >= 15 is 0 Å². The van der Waals surface area contributed by atoms with Crippen molar-refractivity contribution in [2.45, 2.75) is 13.3 Å². The molecule has 1 N–H and O–H groups in total. The summed E-state index contributed by atoms with van der Waals surface area (Å²) in [5, 5.41) is 4.84. The zero-order chi connectivity index (χ0) is 7.82. The molecule has 0 aliphatic heterocycles. The third-order valence-electron chi connectivity index (χ3n) is 0.889. The molecule has 3 nitrogen and oxygen atoms in total. The quantitative estimate of drug-likeness (QED) is 0.481. The summed E-state index contributed by atoms with van der Waals surface area (Å²) in [6.45, 7) is 2.98. The van der Waals surface area contributed by atoms with Crippen LogP contribution in [0, 0.1) is 0 Å². The lowest BCUT2D eigenvalue weighted by Crippen LogP contribution is -2.22. The van der Waals surface area contributed by atoms with Gasteiger partial charge in [0, 0.05) is 13.0 Å². The van der Waals surface area contributed by atoms with Crippen LogP contribution in [0.1, 0.15) is 13.3 Å². The van der Waals surface area contributed by atoms with Crippen molar-refractivity contribution in [2.24, 2.45) is 4.99 Å². The van der Waals surface area contributed by atoms with Gasteiger partial charge in [0.05, 0.1) is 11.7 Å². The molecule has 0 saturated heterocycles. The molecule has 10 heavy (non-hydrogen) atoms. The maximum absolute atomic E-state index is 10.7. The molecule has 0 aromatic rings. The fourth-order valence-corrected chi connectivity index (χ4v) is 0.580. The van der Waals surface area contributed by atoms with Crippen molar-refractivity contribution in [1.29, 1.82) is 0 Å². The number of carbonyl (C=O) groups is 1. The summed E-state index contributed by atoms with van der Waals surface area (Å²) in [5.41, 5.74) is 0. The van der Waals surface area contributed by atoms with E-state index in [1.165, 1.54) is 0 Å².